The number of rotatable bonds is 3. The lowest BCUT2D eigenvalue weighted by molar-refractivity contribution is 0.601. The topological polar surface area (TPSA) is 64.0 Å². The van der Waals surface area contributed by atoms with Crippen LogP contribution >= 0.6 is 0 Å². The predicted molar refractivity (Wildman–Crippen MR) is 90.0 cm³/mol. The summed E-state index contributed by atoms with van der Waals surface area (Å²) in [6.45, 7) is 0. The van der Waals surface area contributed by atoms with E-state index in [0.29, 0.717) is 5.69 Å². The van der Waals surface area contributed by atoms with Crippen molar-refractivity contribution in [1.29, 1.82) is 0 Å². The van der Waals surface area contributed by atoms with Gasteiger partial charge in [0.1, 0.15) is 0 Å². The van der Waals surface area contributed by atoms with Crippen molar-refractivity contribution in [3.63, 3.8) is 0 Å². The number of fused-ring (bicyclic) bond motifs is 2. The molecule has 6 heteroatoms. The van der Waals surface area contributed by atoms with Crippen LogP contribution in [0.3, 0.4) is 0 Å². The van der Waals surface area contributed by atoms with E-state index in [0.717, 1.165) is 41.4 Å². The van der Waals surface area contributed by atoms with Gasteiger partial charge < -0.3 is 4.57 Å². The number of nitrogens with one attached hydrogen (secondary N) is 1. The molecule has 4 rings (SSSR count). The van der Waals surface area contributed by atoms with E-state index in [4.69, 9.17) is 0 Å². The quantitative estimate of drug-likeness (QED) is 0.804. The molecule has 0 aliphatic heterocycles. The summed E-state index contributed by atoms with van der Waals surface area (Å²) in [6.07, 6.45) is 6.55. The Bertz CT molecular complexity index is 1010. The zero-order valence-electron chi connectivity index (χ0n) is 12.8. The van der Waals surface area contributed by atoms with E-state index >= 15 is 0 Å². The SMILES string of the molecule is Cn1ccc2cc(S(=O)(=O)Nc3cnc4c(c3)CCC4)ccc21. The molecule has 23 heavy (non-hydrogen) atoms. The standard InChI is InChI=1S/C17H17N3O2S/c1-20-8-7-13-10-15(5-6-17(13)20)23(21,22)19-14-9-12-3-2-4-16(12)18-11-14/h5-11,19H,2-4H2,1H3. The fraction of sp³-hybridized carbons (Fsp3) is 0.235. The van der Waals surface area contributed by atoms with Gasteiger partial charge in [-0.2, -0.15) is 0 Å². The molecule has 0 unspecified atom stereocenters. The summed E-state index contributed by atoms with van der Waals surface area (Å²) in [5, 5.41) is 0.905. The Labute approximate surface area is 135 Å². The average Bonchev–Trinajstić information content (AvgIpc) is 3.13. The van der Waals surface area contributed by atoms with E-state index in [1.807, 2.05) is 36.0 Å². The van der Waals surface area contributed by atoms with Gasteiger partial charge in [-0.05, 0) is 55.2 Å². The predicted octanol–water partition coefficient (Wildman–Crippen LogP) is 2.86. The third-order valence-electron chi connectivity index (χ3n) is 4.34. The molecule has 0 bridgehead atoms. The molecule has 118 valence electrons. The lowest BCUT2D eigenvalue weighted by Gasteiger charge is -2.09. The average molecular weight is 327 g/mol. The number of anilines is 1. The lowest BCUT2D eigenvalue weighted by Crippen LogP contribution is -2.13. The second-order valence-corrected chi connectivity index (χ2v) is 7.62. The number of hydrogen-bond donors (Lipinski definition) is 1. The number of sulfonamides is 1. The second kappa shape index (κ2) is 5.09. The molecule has 0 amide bonds. The lowest BCUT2D eigenvalue weighted by atomic mass is 10.2. The van der Waals surface area contributed by atoms with Crippen molar-refractivity contribution in [2.75, 3.05) is 4.72 Å². The first-order valence-corrected chi connectivity index (χ1v) is 9.07. The van der Waals surface area contributed by atoms with Crippen LogP contribution in [0.2, 0.25) is 0 Å². The third kappa shape index (κ3) is 2.49. The molecule has 0 atom stereocenters. The van der Waals surface area contributed by atoms with E-state index in [-0.39, 0.29) is 4.90 Å². The van der Waals surface area contributed by atoms with E-state index in [2.05, 4.69) is 9.71 Å². The highest BCUT2D eigenvalue weighted by Crippen LogP contribution is 2.25. The largest absolute Gasteiger partial charge is 0.351 e. The minimum atomic E-state index is -3.61. The van der Waals surface area contributed by atoms with Gasteiger partial charge in [-0.25, -0.2) is 8.42 Å². The van der Waals surface area contributed by atoms with Crippen molar-refractivity contribution < 1.29 is 8.42 Å². The van der Waals surface area contributed by atoms with E-state index in [9.17, 15) is 8.42 Å². The maximum atomic E-state index is 12.6. The number of pyridine rings is 1. The normalized spacial score (nSPS) is 14.1. The molecule has 0 fully saturated rings. The summed E-state index contributed by atoms with van der Waals surface area (Å²) >= 11 is 0. The van der Waals surface area contributed by atoms with Gasteiger partial charge in [0.25, 0.3) is 10.0 Å². The Kier molecular flexibility index (Phi) is 3.16. The van der Waals surface area contributed by atoms with Crippen molar-refractivity contribution >= 4 is 26.6 Å². The van der Waals surface area contributed by atoms with Crippen molar-refractivity contribution in [3.8, 4) is 0 Å². The van der Waals surface area contributed by atoms with Crippen LogP contribution in [0, 0.1) is 0 Å². The molecular weight excluding hydrogens is 310 g/mol. The van der Waals surface area contributed by atoms with Crippen molar-refractivity contribution in [2.45, 2.75) is 24.2 Å². The molecule has 0 spiro atoms. The Hall–Kier alpha value is -2.34. The highest BCUT2D eigenvalue weighted by molar-refractivity contribution is 7.92. The third-order valence-corrected chi connectivity index (χ3v) is 5.72. The van der Waals surface area contributed by atoms with Crippen LogP contribution in [0.25, 0.3) is 10.9 Å². The van der Waals surface area contributed by atoms with Gasteiger partial charge in [-0.3, -0.25) is 9.71 Å². The first kappa shape index (κ1) is 14.3. The van der Waals surface area contributed by atoms with Crippen molar-refractivity contribution in [3.05, 3.63) is 54.0 Å². The molecule has 0 saturated carbocycles. The summed E-state index contributed by atoms with van der Waals surface area (Å²) in [7, 11) is -1.68. The number of aryl methyl sites for hydroxylation is 3. The van der Waals surface area contributed by atoms with Gasteiger partial charge in [0.05, 0.1) is 16.8 Å². The molecule has 1 aromatic carbocycles. The first-order valence-electron chi connectivity index (χ1n) is 7.59. The number of hydrogen-bond acceptors (Lipinski definition) is 3. The summed E-state index contributed by atoms with van der Waals surface area (Å²) < 4.78 is 29.8. The summed E-state index contributed by atoms with van der Waals surface area (Å²) in [5.41, 5.74) is 3.75. The summed E-state index contributed by atoms with van der Waals surface area (Å²) in [4.78, 5) is 4.62. The number of aromatic nitrogens is 2. The Balaban J connectivity index is 1.68. The fourth-order valence-electron chi connectivity index (χ4n) is 3.12. The zero-order chi connectivity index (χ0) is 16.0. The minimum absolute atomic E-state index is 0.261. The molecule has 2 heterocycles. The van der Waals surface area contributed by atoms with Gasteiger partial charge in [0.15, 0.2) is 0 Å². The maximum absolute atomic E-state index is 12.6. The molecule has 1 aliphatic carbocycles. The highest BCUT2D eigenvalue weighted by Gasteiger charge is 2.18. The van der Waals surface area contributed by atoms with Crippen LogP contribution in [0.15, 0.2) is 47.6 Å². The van der Waals surface area contributed by atoms with Gasteiger partial charge in [0, 0.05) is 29.8 Å². The van der Waals surface area contributed by atoms with E-state index in [1.165, 1.54) is 0 Å². The zero-order valence-corrected chi connectivity index (χ0v) is 13.6. The molecule has 2 aromatic heterocycles. The minimum Gasteiger partial charge on any atom is -0.351 e. The molecule has 0 saturated heterocycles. The van der Waals surface area contributed by atoms with Crippen LogP contribution in [-0.4, -0.2) is 18.0 Å². The molecule has 1 aliphatic rings. The maximum Gasteiger partial charge on any atom is 0.261 e. The molecule has 0 radical (unpaired) electrons. The smallest absolute Gasteiger partial charge is 0.261 e. The monoisotopic (exact) mass is 327 g/mol. The summed E-state index contributed by atoms with van der Waals surface area (Å²) in [6, 6.07) is 8.95. The van der Waals surface area contributed by atoms with Gasteiger partial charge in [-0.15, -0.1) is 0 Å². The first-order chi connectivity index (χ1) is 11.0. The van der Waals surface area contributed by atoms with Gasteiger partial charge in [-0.1, -0.05) is 0 Å². The Morgan fingerprint density at radius 2 is 2.04 bits per heavy atom. The number of benzene rings is 1. The van der Waals surface area contributed by atoms with Crippen LogP contribution in [0.4, 0.5) is 5.69 Å². The van der Waals surface area contributed by atoms with Gasteiger partial charge in [0.2, 0.25) is 0 Å². The molecule has 5 nitrogen and oxygen atoms in total. The van der Waals surface area contributed by atoms with Crippen molar-refractivity contribution in [2.24, 2.45) is 7.05 Å². The second-order valence-electron chi connectivity index (χ2n) is 5.94. The highest BCUT2D eigenvalue weighted by atomic mass is 32.2. The number of nitrogens with zero attached hydrogens (tertiary/aromatic N) is 2. The van der Waals surface area contributed by atoms with Crippen molar-refractivity contribution in [1.82, 2.24) is 9.55 Å². The van der Waals surface area contributed by atoms with Crippen LogP contribution in [0.1, 0.15) is 17.7 Å². The van der Waals surface area contributed by atoms with Crippen LogP contribution in [0.5, 0.6) is 0 Å². The molecule has 1 N–H and O–H groups in total. The van der Waals surface area contributed by atoms with E-state index in [1.54, 1.807) is 18.3 Å². The van der Waals surface area contributed by atoms with Gasteiger partial charge >= 0.3 is 0 Å². The molecular formula is C17H17N3O2S. The van der Waals surface area contributed by atoms with E-state index < -0.39 is 10.0 Å². The Morgan fingerprint density at radius 3 is 2.91 bits per heavy atom. The van der Waals surface area contributed by atoms with Crippen LogP contribution in [-0.2, 0) is 29.9 Å². The van der Waals surface area contributed by atoms with Crippen LogP contribution < -0.4 is 4.72 Å². The molecule has 3 aromatic rings. The summed E-state index contributed by atoms with van der Waals surface area (Å²) in [5.74, 6) is 0. The Morgan fingerprint density at radius 1 is 1.17 bits per heavy atom. The fourth-order valence-corrected chi connectivity index (χ4v) is 4.19.